The van der Waals surface area contributed by atoms with Crippen molar-refractivity contribution in [2.24, 2.45) is 5.73 Å². The predicted molar refractivity (Wildman–Crippen MR) is 84.6 cm³/mol. The molecular formula is C16H17ClN2O2. The van der Waals surface area contributed by atoms with E-state index in [0.717, 1.165) is 5.56 Å². The van der Waals surface area contributed by atoms with Crippen molar-refractivity contribution in [3.8, 4) is 5.75 Å². The van der Waals surface area contributed by atoms with Crippen molar-refractivity contribution < 1.29 is 9.53 Å². The molecule has 0 aliphatic heterocycles. The van der Waals surface area contributed by atoms with Gasteiger partial charge in [-0.25, -0.2) is 0 Å². The molecule has 2 rings (SSSR count). The summed E-state index contributed by atoms with van der Waals surface area (Å²) in [4.78, 5) is 12.1. The number of ether oxygens (including phenoxy) is 1. The van der Waals surface area contributed by atoms with Gasteiger partial charge < -0.3 is 15.8 Å². The minimum atomic E-state index is -0.725. The van der Waals surface area contributed by atoms with Gasteiger partial charge in [-0.2, -0.15) is 0 Å². The Morgan fingerprint density at radius 2 is 2.00 bits per heavy atom. The van der Waals surface area contributed by atoms with Crippen LogP contribution in [-0.2, 0) is 4.79 Å². The van der Waals surface area contributed by atoms with E-state index in [-0.39, 0.29) is 5.91 Å². The van der Waals surface area contributed by atoms with E-state index in [9.17, 15) is 4.79 Å². The molecule has 0 bridgehead atoms. The second-order valence-electron chi connectivity index (χ2n) is 4.46. The maximum absolute atomic E-state index is 12.1. The molecule has 0 fully saturated rings. The van der Waals surface area contributed by atoms with Gasteiger partial charge in [0, 0.05) is 5.69 Å². The molecule has 1 unspecified atom stereocenters. The first kappa shape index (κ1) is 15.4. The zero-order chi connectivity index (χ0) is 15.2. The molecule has 0 heterocycles. The van der Waals surface area contributed by atoms with Crippen LogP contribution in [0.25, 0.3) is 0 Å². The third-order valence-corrected chi connectivity index (χ3v) is 3.24. The van der Waals surface area contributed by atoms with Crippen molar-refractivity contribution in [3.05, 3.63) is 59.1 Å². The summed E-state index contributed by atoms with van der Waals surface area (Å²) in [6, 6.07) is 13.6. The number of rotatable bonds is 5. The molecule has 0 saturated heterocycles. The van der Waals surface area contributed by atoms with Crippen LogP contribution in [-0.4, -0.2) is 12.5 Å². The molecule has 0 aliphatic rings. The highest BCUT2D eigenvalue weighted by Gasteiger charge is 2.16. The molecule has 0 saturated carbocycles. The fourth-order valence-corrected chi connectivity index (χ4v) is 2.12. The molecule has 1 atom stereocenters. The highest BCUT2D eigenvalue weighted by molar-refractivity contribution is 6.32. The van der Waals surface area contributed by atoms with Gasteiger partial charge in [0.15, 0.2) is 0 Å². The second-order valence-corrected chi connectivity index (χ2v) is 4.86. The summed E-state index contributed by atoms with van der Waals surface area (Å²) >= 11 is 6.08. The van der Waals surface area contributed by atoms with E-state index < -0.39 is 6.04 Å². The second kappa shape index (κ2) is 7.11. The Hall–Kier alpha value is -2.04. The third kappa shape index (κ3) is 3.97. The molecule has 1 amide bonds. The van der Waals surface area contributed by atoms with Gasteiger partial charge in [-0.15, -0.1) is 0 Å². The maximum atomic E-state index is 12.1. The summed E-state index contributed by atoms with van der Waals surface area (Å²) in [6.45, 7) is 2.41. The lowest BCUT2D eigenvalue weighted by Gasteiger charge is -2.13. The van der Waals surface area contributed by atoms with Crippen LogP contribution in [0.1, 0.15) is 18.5 Å². The van der Waals surface area contributed by atoms with E-state index in [1.54, 1.807) is 18.2 Å². The van der Waals surface area contributed by atoms with Crippen molar-refractivity contribution in [1.82, 2.24) is 0 Å². The first-order chi connectivity index (χ1) is 10.1. The first-order valence-electron chi connectivity index (χ1n) is 6.65. The van der Waals surface area contributed by atoms with Crippen molar-refractivity contribution in [1.29, 1.82) is 0 Å². The van der Waals surface area contributed by atoms with Gasteiger partial charge in [-0.05, 0) is 30.7 Å². The van der Waals surface area contributed by atoms with E-state index >= 15 is 0 Å². The smallest absolute Gasteiger partial charge is 0.245 e. The molecule has 0 aliphatic carbocycles. The van der Waals surface area contributed by atoms with Gasteiger partial charge >= 0.3 is 0 Å². The van der Waals surface area contributed by atoms with Crippen LogP contribution in [0.2, 0.25) is 5.02 Å². The van der Waals surface area contributed by atoms with E-state index in [4.69, 9.17) is 22.1 Å². The van der Waals surface area contributed by atoms with E-state index in [2.05, 4.69) is 5.32 Å². The largest absolute Gasteiger partial charge is 0.492 e. The number of halogens is 1. The van der Waals surface area contributed by atoms with Crippen LogP contribution in [0.4, 0.5) is 5.69 Å². The van der Waals surface area contributed by atoms with Crippen LogP contribution in [0, 0.1) is 0 Å². The fraction of sp³-hybridized carbons (Fsp3) is 0.188. The summed E-state index contributed by atoms with van der Waals surface area (Å²) in [5, 5.41) is 3.19. The first-order valence-corrected chi connectivity index (χ1v) is 7.03. The average molecular weight is 305 g/mol. The lowest BCUT2D eigenvalue weighted by Crippen LogP contribution is -2.27. The monoisotopic (exact) mass is 304 g/mol. The van der Waals surface area contributed by atoms with Gasteiger partial charge in [0.25, 0.3) is 0 Å². The Bertz CT molecular complexity index is 617. The van der Waals surface area contributed by atoms with Crippen molar-refractivity contribution in [2.45, 2.75) is 13.0 Å². The molecular weight excluding hydrogens is 288 g/mol. The minimum Gasteiger partial charge on any atom is -0.492 e. The Balaban J connectivity index is 2.07. The number of carbonyl (C=O) groups excluding carboxylic acids is 1. The standard InChI is InChI=1S/C16H17ClN2O2/c1-2-21-14-9-8-12(10-13(14)17)19-16(20)15(18)11-6-4-3-5-7-11/h3-10,15H,2,18H2,1H3,(H,19,20). The van der Waals surface area contributed by atoms with E-state index in [1.807, 2.05) is 37.3 Å². The number of nitrogens with two attached hydrogens (primary N) is 1. The van der Waals surface area contributed by atoms with Gasteiger partial charge in [0.05, 0.1) is 11.6 Å². The molecule has 0 aromatic heterocycles. The average Bonchev–Trinajstić information content (AvgIpc) is 2.50. The summed E-state index contributed by atoms with van der Waals surface area (Å²) in [5.74, 6) is 0.297. The zero-order valence-electron chi connectivity index (χ0n) is 11.7. The van der Waals surface area contributed by atoms with Crippen molar-refractivity contribution >= 4 is 23.2 Å². The molecule has 4 nitrogen and oxygen atoms in total. The van der Waals surface area contributed by atoms with Gasteiger partial charge in [-0.3, -0.25) is 4.79 Å². The zero-order valence-corrected chi connectivity index (χ0v) is 12.4. The Morgan fingerprint density at radius 3 is 2.62 bits per heavy atom. The molecule has 2 aromatic rings. The van der Waals surface area contributed by atoms with Gasteiger partial charge in [0.1, 0.15) is 11.8 Å². The number of hydrogen-bond donors (Lipinski definition) is 2. The lowest BCUT2D eigenvalue weighted by molar-refractivity contribution is -0.117. The number of nitrogens with one attached hydrogen (secondary N) is 1. The molecule has 0 spiro atoms. The molecule has 3 N–H and O–H groups in total. The van der Waals surface area contributed by atoms with Crippen LogP contribution in [0.5, 0.6) is 5.75 Å². The number of benzene rings is 2. The number of hydrogen-bond acceptors (Lipinski definition) is 3. The number of carbonyl (C=O) groups is 1. The summed E-state index contributed by atoms with van der Waals surface area (Å²) in [5.41, 5.74) is 7.27. The van der Waals surface area contributed by atoms with E-state index in [0.29, 0.717) is 23.1 Å². The highest BCUT2D eigenvalue weighted by atomic mass is 35.5. The number of amides is 1. The van der Waals surface area contributed by atoms with Gasteiger partial charge in [-0.1, -0.05) is 41.9 Å². The Labute approximate surface area is 128 Å². The fourth-order valence-electron chi connectivity index (χ4n) is 1.88. The lowest BCUT2D eigenvalue weighted by atomic mass is 10.1. The Morgan fingerprint density at radius 1 is 1.29 bits per heavy atom. The topological polar surface area (TPSA) is 64.3 Å². The van der Waals surface area contributed by atoms with Crippen LogP contribution in [0.3, 0.4) is 0 Å². The summed E-state index contributed by atoms with van der Waals surface area (Å²) in [6.07, 6.45) is 0. The molecule has 2 aromatic carbocycles. The molecule has 21 heavy (non-hydrogen) atoms. The summed E-state index contributed by atoms with van der Waals surface area (Å²) < 4.78 is 5.34. The third-order valence-electron chi connectivity index (χ3n) is 2.94. The SMILES string of the molecule is CCOc1ccc(NC(=O)C(N)c2ccccc2)cc1Cl. The minimum absolute atomic E-state index is 0.290. The molecule has 0 radical (unpaired) electrons. The number of anilines is 1. The highest BCUT2D eigenvalue weighted by Crippen LogP contribution is 2.28. The maximum Gasteiger partial charge on any atom is 0.245 e. The Kier molecular flexibility index (Phi) is 5.20. The summed E-state index contributed by atoms with van der Waals surface area (Å²) in [7, 11) is 0. The molecule has 110 valence electrons. The normalized spacial score (nSPS) is 11.8. The van der Waals surface area contributed by atoms with Crippen molar-refractivity contribution in [2.75, 3.05) is 11.9 Å². The van der Waals surface area contributed by atoms with Crippen LogP contribution >= 0.6 is 11.6 Å². The quantitative estimate of drug-likeness (QED) is 0.890. The molecule has 5 heteroatoms. The van der Waals surface area contributed by atoms with Crippen LogP contribution in [0.15, 0.2) is 48.5 Å². The van der Waals surface area contributed by atoms with E-state index in [1.165, 1.54) is 0 Å². The van der Waals surface area contributed by atoms with Crippen LogP contribution < -0.4 is 15.8 Å². The van der Waals surface area contributed by atoms with Crippen molar-refractivity contribution in [3.63, 3.8) is 0 Å². The predicted octanol–water partition coefficient (Wildman–Crippen LogP) is 3.38. The van der Waals surface area contributed by atoms with Gasteiger partial charge in [0.2, 0.25) is 5.91 Å².